The Balaban J connectivity index is 0.000000755. The van der Waals surface area contributed by atoms with Crippen molar-refractivity contribution in [3.63, 3.8) is 0 Å². The maximum atomic E-state index is 4.93. The van der Waals surface area contributed by atoms with Crippen LogP contribution >= 0.6 is 17.0 Å². The van der Waals surface area contributed by atoms with Gasteiger partial charge in [-0.2, -0.15) is 0 Å². The maximum absolute atomic E-state index is 4.93. The number of hydrogen-bond acceptors (Lipinski definition) is 0. The van der Waals surface area contributed by atoms with Gasteiger partial charge in [-0.3, -0.25) is 0 Å². The molecule has 144 valence electrons. The van der Waals surface area contributed by atoms with Gasteiger partial charge in [-0.05, 0) is 71.6 Å². The molecule has 3 heteroatoms. The van der Waals surface area contributed by atoms with Crippen LogP contribution in [-0.2, 0) is 20.8 Å². The quantitative estimate of drug-likeness (QED) is 0.405. The van der Waals surface area contributed by atoms with Crippen LogP contribution in [0.2, 0.25) is 0 Å². The van der Waals surface area contributed by atoms with Crippen molar-refractivity contribution in [2.24, 2.45) is 0 Å². The van der Waals surface area contributed by atoms with Gasteiger partial charge in [0.15, 0.2) is 0 Å². The number of halogens is 2. The summed E-state index contributed by atoms with van der Waals surface area (Å²) in [5, 5.41) is 0. The summed E-state index contributed by atoms with van der Waals surface area (Å²) in [7, 11) is 9.87. The Morgan fingerprint density at radius 3 is 1.00 bits per heavy atom. The summed E-state index contributed by atoms with van der Waals surface area (Å²) in [5.74, 6) is 8.02. The molecule has 2 saturated carbocycles. The molecule has 0 unspecified atom stereocenters. The summed E-state index contributed by atoms with van der Waals surface area (Å²) in [4.78, 5) is 0. The van der Waals surface area contributed by atoms with Crippen LogP contribution in [0.5, 0.6) is 0 Å². The van der Waals surface area contributed by atoms with E-state index >= 15 is 0 Å². The third-order valence-corrected chi connectivity index (χ3v) is 5.50. The van der Waals surface area contributed by atoms with E-state index in [0.717, 1.165) is 0 Å². The van der Waals surface area contributed by atoms with Gasteiger partial charge in [0.05, 0.1) is 0 Å². The van der Waals surface area contributed by atoms with Gasteiger partial charge < -0.3 is 0 Å². The monoisotopic (exact) mass is 496 g/mol. The van der Waals surface area contributed by atoms with E-state index in [-0.39, 0.29) is 0 Å². The van der Waals surface area contributed by atoms with E-state index < -0.39 is 20.8 Å². The van der Waals surface area contributed by atoms with E-state index in [0.29, 0.717) is 0 Å². The second kappa shape index (κ2) is 11.0. The summed E-state index contributed by atoms with van der Waals surface area (Å²) in [6.07, 6.45) is 9.20. The molecule has 2 aromatic rings. The van der Waals surface area contributed by atoms with E-state index in [2.05, 4.69) is 102 Å². The predicted molar refractivity (Wildman–Crippen MR) is 121 cm³/mol. The Labute approximate surface area is 196 Å². The van der Waals surface area contributed by atoms with Gasteiger partial charge in [0.2, 0.25) is 0 Å². The summed E-state index contributed by atoms with van der Waals surface area (Å²) in [6.45, 7) is 8.74. The molecule has 0 spiro atoms. The molecule has 2 aliphatic carbocycles. The summed E-state index contributed by atoms with van der Waals surface area (Å²) < 4.78 is 0. The Morgan fingerprint density at radius 1 is 0.483 bits per heavy atom. The van der Waals surface area contributed by atoms with Crippen molar-refractivity contribution in [3.8, 4) is 11.1 Å². The third-order valence-electron chi connectivity index (χ3n) is 5.50. The van der Waals surface area contributed by atoms with Crippen molar-refractivity contribution < 1.29 is 20.8 Å². The van der Waals surface area contributed by atoms with E-state index in [1.165, 1.54) is 57.8 Å². The molecule has 0 bridgehead atoms. The topological polar surface area (TPSA) is 0 Å². The zero-order valence-corrected chi connectivity index (χ0v) is 21.2. The second-order valence-corrected chi connectivity index (χ2v) is 11.1. The number of rotatable bonds is 3. The van der Waals surface area contributed by atoms with Crippen LogP contribution < -0.4 is 0 Å². The van der Waals surface area contributed by atoms with Crippen LogP contribution in [0.25, 0.3) is 11.1 Å². The standard InChI is InChI=1S/C26H24.2ClH.Zr/c1-17-13-21(14-18(17)2)23-9-5-7-11-25(23)26-12-8-6-10-24(26)22-15-19(3)20(4)16-22;;;/h5-16H,1-4H3;2*1H;/q;;;+4/p-2. The zero-order chi connectivity index (χ0) is 21.0. The molecule has 29 heavy (non-hydrogen) atoms. The van der Waals surface area contributed by atoms with Gasteiger partial charge in [0.1, 0.15) is 0 Å². The molecule has 0 atom stereocenters. The van der Waals surface area contributed by atoms with E-state index in [1.807, 2.05) is 0 Å². The molecule has 10 radical (unpaired) electrons. The Morgan fingerprint density at radius 2 is 0.724 bits per heavy atom. The summed E-state index contributed by atoms with van der Waals surface area (Å²) in [5.41, 5.74) is 5.20. The van der Waals surface area contributed by atoms with Gasteiger partial charge in [0.25, 0.3) is 0 Å². The molecule has 0 aliphatic heterocycles. The van der Waals surface area contributed by atoms with E-state index in [1.54, 1.807) is 0 Å². The summed E-state index contributed by atoms with van der Waals surface area (Å²) >= 11 is -0.826. The third kappa shape index (κ3) is 5.58. The average Bonchev–Trinajstić information content (AvgIpc) is 3.23. The normalized spacial score (nSPS) is 19.9. The van der Waals surface area contributed by atoms with Crippen LogP contribution in [0, 0.1) is 61.2 Å². The molecule has 0 nitrogen and oxygen atoms in total. The first-order valence-corrected chi connectivity index (χ1v) is 15.9. The zero-order valence-electron chi connectivity index (χ0n) is 17.2. The number of benzene rings is 2. The van der Waals surface area contributed by atoms with Gasteiger partial charge in [-0.15, -0.1) is 0 Å². The summed E-state index contributed by atoms with van der Waals surface area (Å²) in [6, 6.07) is 17.5. The molecular formula is C26H24Cl2Zr+2. The first kappa shape index (κ1) is 23.6. The molecule has 0 heterocycles. The molecular weight excluding hydrogens is 474 g/mol. The van der Waals surface area contributed by atoms with Crippen molar-refractivity contribution >= 4 is 17.0 Å². The fraction of sp³-hybridized carbons (Fsp3) is 0.154. The fourth-order valence-electron chi connectivity index (χ4n) is 3.72. The van der Waals surface area contributed by atoms with Crippen LogP contribution in [0.15, 0.2) is 48.5 Å². The van der Waals surface area contributed by atoms with Crippen LogP contribution in [0.4, 0.5) is 0 Å². The second-order valence-electron chi connectivity index (χ2n) is 7.38. The first-order chi connectivity index (χ1) is 14.0. The van der Waals surface area contributed by atoms with E-state index in [9.17, 15) is 0 Å². The number of hydrogen-bond donors (Lipinski definition) is 0. The molecule has 0 N–H and O–H groups in total. The predicted octanol–water partition coefficient (Wildman–Crippen LogP) is 7.80. The minimum absolute atomic E-state index is 0.826. The van der Waals surface area contributed by atoms with Crippen molar-refractivity contribution in [3.05, 3.63) is 121 Å². The van der Waals surface area contributed by atoms with Gasteiger partial charge in [-0.25, -0.2) is 0 Å². The fourth-order valence-corrected chi connectivity index (χ4v) is 3.72. The van der Waals surface area contributed by atoms with Gasteiger partial charge in [0, 0.05) is 11.8 Å². The van der Waals surface area contributed by atoms with Gasteiger partial charge in [-0.1, -0.05) is 76.2 Å². The Bertz CT molecular complexity index is 704. The van der Waals surface area contributed by atoms with Crippen LogP contribution in [0.3, 0.4) is 0 Å². The van der Waals surface area contributed by atoms with Crippen molar-refractivity contribution in [1.82, 2.24) is 0 Å². The van der Waals surface area contributed by atoms with Gasteiger partial charge >= 0.3 is 37.9 Å². The Hall–Kier alpha value is -0.0969. The first-order valence-electron chi connectivity index (χ1n) is 9.59. The van der Waals surface area contributed by atoms with Crippen molar-refractivity contribution in [2.75, 3.05) is 0 Å². The molecule has 0 aromatic heterocycles. The van der Waals surface area contributed by atoms with Crippen molar-refractivity contribution in [1.29, 1.82) is 0 Å². The molecule has 0 saturated heterocycles. The van der Waals surface area contributed by atoms with Crippen LogP contribution in [-0.4, -0.2) is 0 Å². The molecule has 4 rings (SSSR count). The average molecular weight is 499 g/mol. The minimum atomic E-state index is -0.826. The Kier molecular flexibility index (Phi) is 8.92. The molecule has 0 amide bonds. The van der Waals surface area contributed by atoms with Crippen LogP contribution in [0.1, 0.15) is 38.8 Å². The SMILES string of the molecule is C[C]1[CH][C](c2ccccc2-c2ccccc2[C]2[CH][C](C)[C](C)[CH]2)[CH][C]1C.[Cl][Zr+2][Cl]. The van der Waals surface area contributed by atoms with E-state index in [4.69, 9.17) is 17.0 Å². The van der Waals surface area contributed by atoms with Crippen molar-refractivity contribution in [2.45, 2.75) is 27.7 Å². The molecule has 2 aliphatic rings. The molecule has 2 aromatic carbocycles. The molecule has 2 fully saturated rings.